The van der Waals surface area contributed by atoms with E-state index in [9.17, 15) is 9.90 Å². The highest BCUT2D eigenvalue weighted by Crippen LogP contribution is 2.67. The number of hydrogen-bond donors (Lipinski definition) is 1. The summed E-state index contributed by atoms with van der Waals surface area (Å²) in [5, 5.41) is 12.0. The van der Waals surface area contributed by atoms with Crippen LogP contribution >= 0.6 is 0 Å². The summed E-state index contributed by atoms with van der Waals surface area (Å²) in [5.74, 6) is 0.749. The lowest BCUT2D eigenvalue weighted by atomic mass is 9.49. The van der Waals surface area contributed by atoms with Crippen LogP contribution in [0.1, 0.15) is 102 Å². The largest absolute Gasteiger partial charge is 0.459 e. The minimum atomic E-state index is -0.918. The van der Waals surface area contributed by atoms with Gasteiger partial charge in [0.2, 0.25) is 0 Å². The molecule has 0 spiro atoms. The van der Waals surface area contributed by atoms with Crippen molar-refractivity contribution in [3.05, 3.63) is 94.6 Å². The van der Waals surface area contributed by atoms with Gasteiger partial charge in [-0.15, -0.1) is 0 Å². The van der Waals surface area contributed by atoms with E-state index in [1.807, 2.05) is 55.5 Å². The Morgan fingerprint density at radius 3 is 2.27 bits per heavy atom. The Balaban J connectivity index is 1.22. The molecule has 0 bridgehead atoms. The van der Waals surface area contributed by atoms with E-state index in [2.05, 4.69) is 45.9 Å². The molecule has 212 valence electrons. The molecular weight excluding hydrogens is 492 g/mol. The molecule has 1 N–H and O–H groups in total. The summed E-state index contributed by atoms with van der Waals surface area (Å²) >= 11 is 0. The molecule has 0 saturated heterocycles. The van der Waals surface area contributed by atoms with Gasteiger partial charge in [-0.25, -0.2) is 4.79 Å². The molecule has 3 heteroatoms. The summed E-state index contributed by atoms with van der Waals surface area (Å²) in [6, 6.07) is 19.6. The summed E-state index contributed by atoms with van der Waals surface area (Å²) in [4.78, 5) is 12.8. The minimum Gasteiger partial charge on any atom is -0.459 e. The fourth-order valence-corrected chi connectivity index (χ4v) is 9.29. The van der Waals surface area contributed by atoms with Crippen LogP contribution in [0.15, 0.2) is 83.5 Å². The number of esters is 1. The summed E-state index contributed by atoms with van der Waals surface area (Å²) in [5.41, 5.74) is 5.60. The molecule has 0 heterocycles. The van der Waals surface area contributed by atoms with Gasteiger partial charge in [0.15, 0.2) is 0 Å². The van der Waals surface area contributed by atoms with E-state index in [4.69, 9.17) is 4.74 Å². The summed E-state index contributed by atoms with van der Waals surface area (Å²) in [6.07, 6.45) is 11.1. The van der Waals surface area contributed by atoms with Crippen molar-refractivity contribution in [2.75, 3.05) is 0 Å². The zero-order valence-electron chi connectivity index (χ0n) is 25.0. The smallest absolute Gasteiger partial charge is 0.338 e. The van der Waals surface area contributed by atoms with Crippen LogP contribution in [0.4, 0.5) is 0 Å². The number of rotatable bonds is 5. The molecule has 6 atom stereocenters. The molecule has 3 nitrogen and oxygen atoms in total. The first-order chi connectivity index (χ1) is 19.0. The van der Waals surface area contributed by atoms with E-state index in [1.54, 1.807) is 16.7 Å². The molecule has 0 aromatic heterocycles. The molecule has 6 rings (SSSR count). The predicted molar refractivity (Wildman–Crippen MR) is 161 cm³/mol. The van der Waals surface area contributed by atoms with Gasteiger partial charge in [-0.05, 0) is 110 Å². The van der Waals surface area contributed by atoms with Crippen molar-refractivity contribution >= 4 is 5.97 Å². The van der Waals surface area contributed by atoms with Crippen LogP contribution in [-0.2, 0) is 10.3 Å². The Hall–Kier alpha value is -2.65. The number of hydrogen-bond acceptors (Lipinski definition) is 3. The van der Waals surface area contributed by atoms with Gasteiger partial charge in [0.05, 0.1) is 11.2 Å². The van der Waals surface area contributed by atoms with E-state index in [-0.39, 0.29) is 28.3 Å². The minimum absolute atomic E-state index is 0.0119. The zero-order valence-corrected chi connectivity index (χ0v) is 25.0. The molecule has 1 fully saturated rings. The van der Waals surface area contributed by atoms with Crippen molar-refractivity contribution in [2.24, 2.45) is 28.1 Å². The number of benzene rings is 2. The van der Waals surface area contributed by atoms with E-state index in [0.29, 0.717) is 17.4 Å². The van der Waals surface area contributed by atoms with Crippen LogP contribution in [0.5, 0.6) is 0 Å². The van der Waals surface area contributed by atoms with Crippen molar-refractivity contribution in [1.82, 2.24) is 0 Å². The third-order valence-corrected chi connectivity index (χ3v) is 12.1. The zero-order chi connectivity index (χ0) is 28.3. The number of allylic oxidation sites excluding steroid dienone is 4. The molecule has 2 aromatic rings. The molecule has 3 unspecified atom stereocenters. The van der Waals surface area contributed by atoms with Crippen LogP contribution in [0.2, 0.25) is 0 Å². The first kappa shape index (κ1) is 27.5. The maximum absolute atomic E-state index is 12.8. The lowest BCUT2D eigenvalue weighted by Crippen LogP contribution is -2.50. The quantitative estimate of drug-likeness (QED) is 0.387. The van der Waals surface area contributed by atoms with Crippen LogP contribution in [-0.4, -0.2) is 17.2 Å². The highest BCUT2D eigenvalue weighted by atomic mass is 16.5. The lowest BCUT2D eigenvalue weighted by Gasteiger charge is -2.56. The Morgan fingerprint density at radius 1 is 0.900 bits per heavy atom. The monoisotopic (exact) mass is 538 g/mol. The Kier molecular flexibility index (Phi) is 6.69. The van der Waals surface area contributed by atoms with E-state index >= 15 is 0 Å². The second kappa shape index (κ2) is 9.72. The normalized spacial score (nSPS) is 33.2. The highest BCUT2D eigenvalue weighted by molar-refractivity contribution is 5.89. The van der Waals surface area contributed by atoms with Gasteiger partial charge in [0, 0.05) is 5.41 Å². The third-order valence-electron chi connectivity index (χ3n) is 12.1. The average Bonchev–Trinajstić information content (AvgIpc) is 3.32. The number of carbonyl (C=O) groups is 1. The van der Waals surface area contributed by atoms with Crippen molar-refractivity contribution in [3.8, 4) is 0 Å². The van der Waals surface area contributed by atoms with Gasteiger partial charge in [0.1, 0.15) is 6.10 Å². The van der Waals surface area contributed by atoms with Gasteiger partial charge in [-0.1, -0.05) is 87.9 Å². The second-order valence-corrected chi connectivity index (χ2v) is 14.3. The Labute approximate surface area is 240 Å². The van der Waals surface area contributed by atoms with Crippen molar-refractivity contribution in [2.45, 2.75) is 97.7 Å². The molecular formula is C37H46O3. The molecule has 4 aliphatic rings. The first-order valence-corrected chi connectivity index (χ1v) is 15.5. The van der Waals surface area contributed by atoms with Crippen LogP contribution in [0, 0.1) is 28.1 Å². The summed E-state index contributed by atoms with van der Waals surface area (Å²) < 4.78 is 6.02. The third kappa shape index (κ3) is 4.14. The fraction of sp³-hybridized carbons (Fsp3) is 0.541. The molecule has 2 aromatic carbocycles. The van der Waals surface area contributed by atoms with Gasteiger partial charge in [-0.2, -0.15) is 0 Å². The van der Waals surface area contributed by atoms with Crippen LogP contribution < -0.4 is 0 Å². The predicted octanol–water partition coefficient (Wildman–Crippen LogP) is 8.79. The fourth-order valence-electron chi connectivity index (χ4n) is 9.29. The van der Waals surface area contributed by atoms with Crippen molar-refractivity contribution in [3.63, 3.8) is 0 Å². The second-order valence-electron chi connectivity index (χ2n) is 14.3. The molecule has 4 aliphatic carbocycles. The molecule has 0 radical (unpaired) electrons. The summed E-state index contributed by atoms with van der Waals surface area (Å²) in [7, 11) is 0. The molecule has 1 saturated carbocycles. The van der Waals surface area contributed by atoms with Crippen molar-refractivity contribution in [1.29, 1.82) is 0 Å². The maximum Gasteiger partial charge on any atom is 0.338 e. The number of aliphatic hydroxyl groups is 1. The first-order valence-electron chi connectivity index (χ1n) is 15.5. The van der Waals surface area contributed by atoms with E-state index in [1.165, 1.54) is 0 Å². The van der Waals surface area contributed by atoms with Crippen LogP contribution in [0.3, 0.4) is 0 Å². The Morgan fingerprint density at radius 2 is 1.57 bits per heavy atom. The topological polar surface area (TPSA) is 46.5 Å². The standard InChI is InChI=1S/C37H46O3/c1-34(2,37(5,39)26-14-10-7-11-15-26)32-19-18-30-29-17-16-27-24-28(40-33(38)25-12-8-6-9-13-25)20-22-35(27,3)31(29)21-23-36(30,32)4/h6-15,18,27-28,32,39H,16-17,19-24H2,1-5H3/t27?,28?,32-,35+,36+,37?/m1/s1. The van der Waals surface area contributed by atoms with E-state index < -0.39 is 5.60 Å². The lowest BCUT2D eigenvalue weighted by molar-refractivity contribution is -0.112. The SMILES string of the molecule is CC(O)(c1ccccc1)C(C)(C)[C@H]1CC=C2C3=C(CC[C@@]21C)[C@@]1(C)CCC(OC(=O)c2ccccc2)CC1CC3. The van der Waals surface area contributed by atoms with Gasteiger partial charge in [-0.3, -0.25) is 0 Å². The number of carbonyl (C=O) groups excluding carboxylic acids is 1. The molecule has 40 heavy (non-hydrogen) atoms. The maximum atomic E-state index is 12.8. The summed E-state index contributed by atoms with van der Waals surface area (Å²) in [6.45, 7) is 11.6. The average molecular weight is 539 g/mol. The van der Waals surface area contributed by atoms with Gasteiger partial charge >= 0.3 is 5.97 Å². The highest BCUT2D eigenvalue weighted by Gasteiger charge is 2.58. The number of ether oxygens (including phenoxy) is 1. The molecule has 0 aliphatic heterocycles. The van der Waals surface area contributed by atoms with Crippen molar-refractivity contribution < 1.29 is 14.6 Å². The molecule has 0 amide bonds. The Bertz CT molecular complexity index is 1330. The number of fused-ring (bicyclic) bond motifs is 4. The van der Waals surface area contributed by atoms with Gasteiger partial charge < -0.3 is 9.84 Å². The van der Waals surface area contributed by atoms with E-state index in [0.717, 1.165) is 56.9 Å². The van der Waals surface area contributed by atoms with Gasteiger partial charge in [0.25, 0.3) is 0 Å². The van der Waals surface area contributed by atoms with Crippen LogP contribution in [0.25, 0.3) is 0 Å².